The molecule has 0 bridgehead atoms. The summed E-state index contributed by atoms with van der Waals surface area (Å²) >= 11 is 3.74. The third kappa shape index (κ3) is 2.65. The van der Waals surface area contributed by atoms with E-state index in [1.54, 1.807) is 6.92 Å². The van der Waals surface area contributed by atoms with Gasteiger partial charge in [0, 0.05) is 12.3 Å². The Morgan fingerprint density at radius 2 is 1.71 bits per heavy atom. The van der Waals surface area contributed by atoms with Gasteiger partial charge in [0.2, 0.25) is 0 Å². The second-order valence-corrected chi connectivity index (χ2v) is 12.0. The van der Waals surface area contributed by atoms with Gasteiger partial charge in [-0.3, -0.25) is 9.59 Å². The van der Waals surface area contributed by atoms with Crippen molar-refractivity contribution in [1.29, 1.82) is 0 Å². The third-order valence-electron chi connectivity index (χ3n) is 10.1. The molecule has 0 aromatic carbocycles. The van der Waals surface area contributed by atoms with E-state index in [4.69, 9.17) is 4.74 Å². The largest absolute Gasteiger partial charge is 0.463 e. The number of hydrogen-bond donors (Lipinski definition) is 0. The number of hydrogen-bond acceptors (Lipinski definition) is 3. The van der Waals surface area contributed by atoms with Gasteiger partial charge in [0.25, 0.3) is 0 Å². The molecule has 5 saturated carbocycles. The molecule has 3 nitrogen and oxygen atoms in total. The van der Waals surface area contributed by atoms with Crippen molar-refractivity contribution in [2.24, 2.45) is 40.4 Å². The summed E-state index contributed by atoms with van der Waals surface area (Å²) in [6.45, 7) is 4.08. The highest BCUT2D eigenvalue weighted by Crippen LogP contribution is 2.69. The highest BCUT2D eigenvalue weighted by Gasteiger charge is 2.65. The minimum Gasteiger partial charge on any atom is -0.463 e. The van der Waals surface area contributed by atoms with Gasteiger partial charge >= 0.3 is 5.97 Å². The van der Waals surface area contributed by atoms with Gasteiger partial charge in [0.05, 0.1) is 4.83 Å². The van der Waals surface area contributed by atoms with Crippen LogP contribution in [0.5, 0.6) is 0 Å². The Kier molecular flexibility index (Phi) is 4.77. The van der Waals surface area contributed by atoms with Crippen molar-refractivity contribution in [3.63, 3.8) is 0 Å². The molecule has 156 valence electrons. The van der Waals surface area contributed by atoms with Gasteiger partial charge in [-0.2, -0.15) is 0 Å². The molecule has 5 rings (SSSR count). The summed E-state index contributed by atoms with van der Waals surface area (Å²) < 4.78 is 5.60. The predicted molar refractivity (Wildman–Crippen MR) is 112 cm³/mol. The normalized spacial score (nSPS) is 52.8. The number of ether oxygens (including phenoxy) is 1. The predicted octanol–water partition coefficient (Wildman–Crippen LogP) is 5.68. The number of halogens is 1. The van der Waals surface area contributed by atoms with Crippen LogP contribution in [0.3, 0.4) is 0 Å². The summed E-state index contributed by atoms with van der Waals surface area (Å²) in [4.78, 5) is 25.0. The van der Waals surface area contributed by atoms with Crippen LogP contribution >= 0.6 is 15.9 Å². The first-order chi connectivity index (χ1) is 13.4. The zero-order chi connectivity index (χ0) is 19.7. The quantitative estimate of drug-likeness (QED) is 0.380. The molecular weight excluding hydrogens is 416 g/mol. The standard InChI is InChI=1S/C24H35BrO3/c1-14(26)28-17-9-11-23(2)16(13-17)3-6-18-19(23)10-12-24-15(4-7-20(18)24)5-8-21(25)22(24)27/h15-21H,3-13H2,1-2H3/t15-,16?,17-,18-,19+,20+,21?,23+,24-/m1/s1. The maximum Gasteiger partial charge on any atom is 0.302 e. The summed E-state index contributed by atoms with van der Waals surface area (Å²) in [5, 5.41) is 0. The number of esters is 1. The molecule has 0 saturated heterocycles. The molecular formula is C24H35BrO3. The van der Waals surface area contributed by atoms with Crippen molar-refractivity contribution < 1.29 is 14.3 Å². The molecule has 9 atom stereocenters. The Morgan fingerprint density at radius 1 is 0.964 bits per heavy atom. The van der Waals surface area contributed by atoms with Gasteiger partial charge in [-0.05, 0) is 106 Å². The Morgan fingerprint density at radius 3 is 2.50 bits per heavy atom. The number of ketones is 1. The van der Waals surface area contributed by atoms with Crippen LogP contribution in [0.1, 0.15) is 84.5 Å². The van der Waals surface area contributed by atoms with E-state index in [0.29, 0.717) is 29.0 Å². The Bertz CT molecular complexity index is 677. The van der Waals surface area contributed by atoms with Gasteiger partial charge in [-0.1, -0.05) is 22.9 Å². The lowest BCUT2D eigenvalue weighted by Crippen LogP contribution is -2.58. The van der Waals surface area contributed by atoms with Crippen LogP contribution < -0.4 is 0 Å². The molecule has 4 heteroatoms. The molecule has 0 heterocycles. The number of carbonyl (C=O) groups excluding carboxylic acids is 2. The molecule has 1 spiro atoms. The van der Waals surface area contributed by atoms with Gasteiger partial charge in [0.1, 0.15) is 6.10 Å². The van der Waals surface area contributed by atoms with Crippen LogP contribution in [-0.4, -0.2) is 22.7 Å². The van der Waals surface area contributed by atoms with E-state index >= 15 is 0 Å². The summed E-state index contributed by atoms with van der Waals surface area (Å²) in [6.07, 6.45) is 13.2. The minimum absolute atomic E-state index is 0.00568. The van der Waals surface area contributed by atoms with Crippen molar-refractivity contribution in [2.75, 3.05) is 0 Å². The second-order valence-electron chi connectivity index (χ2n) is 10.9. The summed E-state index contributed by atoms with van der Waals surface area (Å²) in [7, 11) is 0. The molecule has 2 unspecified atom stereocenters. The maximum atomic E-state index is 13.5. The lowest BCUT2D eigenvalue weighted by atomic mass is 9.43. The molecule has 5 fully saturated rings. The first kappa shape index (κ1) is 19.6. The monoisotopic (exact) mass is 450 g/mol. The highest BCUT2D eigenvalue weighted by atomic mass is 79.9. The fraction of sp³-hybridized carbons (Fsp3) is 0.917. The summed E-state index contributed by atoms with van der Waals surface area (Å²) in [5.74, 6) is 3.92. The van der Waals surface area contributed by atoms with Crippen LogP contribution in [0.25, 0.3) is 0 Å². The van der Waals surface area contributed by atoms with E-state index in [9.17, 15) is 9.59 Å². The Hall–Kier alpha value is -0.380. The Balaban J connectivity index is 1.40. The van der Waals surface area contributed by atoms with Crippen LogP contribution in [0.2, 0.25) is 0 Å². The molecule has 5 aliphatic carbocycles. The average Bonchev–Trinajstić information content (AvgIpc) is 3.05. The Labute approximate surface area is 177 Å². The lowest BCUT2D eigenvalue weighted by molar-refractivity contribution is -0.165. The van der Waals surface area contributed by atoms with Gasteiger partial charge in [-0.25, -0.2) is 0 Å². The van der Waals surface area contributed by atoms with E-state index in [-0.39, 0.29) is 22.3 Å². The van der Waals surface area contributed by atoms with Crippen molar-refractivity contribution >= 4 is 27.7 Å². The molecule has 0 aliphatic heterocycles. The fourth-order valence-electron chi connectivity index (χ4n) is 9.03. The molecule has 0 aromatic rings. The van der Waals surface area contributed by atoms with E-state index in [1.165, 1.54) is 44.9 Å². The summed E-state index contributed by atoms with van der Waals surface area (Å²) in [6, 6.07) is 0. The molecule has 0 amide bonds. The fourth-order valence-corrected chi connectivity index (χ4v) is 9.72. The van der Waals surface area contributed by atoms with Crippen LogP contribution in [0, 0.1) is 40.4 Å². The van der Waals surface area contributed by atoms with Crippen molar-refractivity contribution in [3.8, 4) is 0 Å². The third-order valence-corrected chi connectivity index (χ3v) is 11.0. The minimum atomic E-state index is -0.126. The smallest absolute Gasteiger partial charge is 0.302 e. The average molecular weight is 451 g/mol. The number of Topliss-reactive ketones (excluding diaryl/α,β-unsaturated/α-hetero) is 1. The highest BCUT2D eigenvalue weighted by molar-refractivity contribution is 9.10. The van der Waals surface area contributed by atoms with Crippen LogP contribution in [0.15, 0.2) is 0 Å². The van der Waals surface area contributed by atoms with Gasteiger partial charge < -0.3 is 4.74 Å². The zero-order valence-electron chi connectivity index (χ0n) is 17.4. The molecule has 28 heavy (non-hydrogen) atoms. The van der Waals surface area contributed by atoms with E-state index in [0.717, 1.165) is 37.5 Å². The maximum absolute atomic E-state index is 13.5. The van der Waals surface area contributed by atoms with Gasteiger partial charge in [-0.15, -0.1) is 0 Å². The lowest BCUT2D eigenvalue weighted by Gasteiger charge is -2.61. The van der Waals surface area contributed by atoms with Crippen LogP contribution in [-0.2, 0) is 14.3 Å². The molecule has 0 N–H and O–H groups in total. The number of rotatable bonds is 1. The molecule has 5 aliphatic rings. The molecule has 0 radical (unpaired) electrons. The first-order valence-electron chi connectivity index (χ1n) is 11.7. The van der Waals surface area contributed by atoms with E-state index in [1.807, 2.05) is 0 Å². The van der Waals surface area contributed by atoms with Crippen molar-refractivity contribution in [2.45, 2.75) is 95.4 Å². The summed E-state index contributed by atoms with van der Waals surface area (Å²) in [5.41, 5.74) is 0.385. The van der Waals surface area contributed by atoms with Gasteiger partial charge in [0.15, 0.2) is 5.78 Å². The SMILES string of the molecule is CC(=O)O[C@@H]1CC[C@@]2(C)C(CC[C@H]3[C@@H]4CC[C@@H]5CCC(Br)C(=O)[C@]54CC[C@@H]32)C1. The van der Waals surface area contributed by atoms with E-state index in [2.05, 4.69) is 22.9 Å². The second kappa shape index (κ2) is 6.82. The topological polar surface area (TPSA) is 43.4 Å². The molecule has 0 aromatic heterocycles. The number of fused-ring (bicyclic) bond motifs is 4. The first-order valence-corrected chi connectivity index (χ1v) is 12.6. The zero-order valence-corrected chi connectivity index (χ0v) is 19.0. The van der Waals surface area contributed by atoms with E-state index < -0.39 is 0 Å². The van der Waals surface area contributed by atoms with Crippen molar-refractivity contribution in [3.05, 3.63) is 0 Å². The number of carbonyl (C=O) groups is 2. The van der Waals surface area contributed by atoms with Crippen molar-refractivity contribution in [1.82, 2.24) is 0 Å². The number of alkyl halides is 1. The van der Waals surface area contributed by atoms with Crippen LogP contribution in [0.4, 0.5) is 0 Å².